The van der Waals surface area contributed by atoms with Crippen LogP contribution in [-0.2, 0) is 4.74 Å². The zero-order chi connectivity index (χ0) is 30.8. The second kappa shape index (κ2) is 9.92. The van der Waals surface area contributed by atoms with Crippen molar-refractivity contribution in [2.24, 2.45) is 0 Å². The van der Waals surface area contributed by atoms with Crippen molar-refractivity contribution in [1.82, 2.24) is 0 Å². The highest BCUT2D eigenvalue weighted by Gasteiger charge is 2.29. The molecule has 0 fully saturated rings. The van der Waals surface area contributed by atoms with E-state index in [2.05, 4.69) is 0 Å². The van der Waals surface area contributed by atoms with Crippen molar-refractivity contribution in [3.63, 3.8) is 0 Å². The summed E-state index contributed by atoms with van der Waals surface area (Å²) in [6, 6.07) is 31.4. The zero-order valence-electron chi connectivity index (χ0n) is 23.5. The highest BCUT2D eigenvalue weighted by atomic mass is 16.6. The van der Waals surface area contributed by atoms with Crippen molar-refractivity contribution in [3.05, 3.63) is 143 Å². The number of carbonyl (C=O) groups is 5. The number of carbonyl (C=O) groups excluding carboxylic acids is 5. The number of hydrogen-bond acceptors (Lipinski definition) is 7. The SMILES string of the molecule is O=C(c1ccc(Oc2ccc3c4c(cccc24)C(=O)OC3=O)cc1)c1ccc(-c2ccc3c4c(cccc24)C(=O)CC3=O)cc1. The van der Waals surface area contributed by atoms with E-state index in [9.17, 15) is 24.0 Å². The lowest BCUT2D eigenvalue weighted by Gasteiger charge is -2.18. The maximum absolute atomic E-state index is 13.3. The second-order valence-corrected chi connectivity index (χ2v) is 11.0. The van der Waals surface area contributed by atoms with Crippen LogP contribution in [0.1, 0.15) is 63.8 Å². The average Bonchev–Trinajstić information content (AvgIpc) is 3.06. The molecule has 0 amide bonds. The van der Waals surface area contributed by atoms with Gasteiger partial charge in [0.05, 0.1) is 17.5 Å². The Hall–Kier alpha value is -6.21. The molecule has 0 bridgehead atoms. The molecule has 7 nitrogen and oxygen atoms in total. The van der Waals surface area contributed by atoms with Crippen LogP contribution in [0.15, 0.2) is 109 Å². The van der Waals surface area contributed by atoms with Crippen LogP contribution in [0.5, 0.6) is 11.5 Å². The van der Waals surface area contributed by atoms with E-state index >= 15 is 0 Å². The molecule has 0 unspecified atom stereocenters. The quantitative estimate of drug-likeness (QED) is 0.115. The fourth-order valence-electron chi connectivity index (χ4n) is 6.23. The van der Waals surface area contributed by atoms with Crippen LogP contribution < -0.4 is 4.74 Å². The van der Waals surface area contributed by atoms with Gasteiger partial charge in [-0.1, -0.05) is 66.7 Å². The predicted octanol–water partition coefficient (Wildman–Crippen LogP) is 7.76. The molecule has 0 spiro atoms. The van der Waals surface area contributed by atoms with E-state index in [4.69, 9.17) is 9.47 Å². The first-order valence-electron chi connectivity index (χ1n) is 14.2. The summed E-state index contributed by atoms with van der Waals surface area (Å²) in [6.45, 7) is 0. The number of cyclic esters (lactones) is 2. The first kappa shape index (κ1) is 26.4. The Bertz CT molecular complexity index is 2270. The monoisotopic (exact) mass is 588 g/mol. The highest BCUT2D eigenvalue weighted by Crippen LogP contribution is 2.38. The van der Waals surface area contributed by atoms with E-state index in [1.807, 2.05) is 30.3 Å². The standard InChI is InChI=1S/C38H20O7/c39-31-19-32(40)27-16-15-24(25-3-1-4-26(31)34(25)27)20-7-9-21(10-8-20)36(41)22-11-13-23(14-12-22)44-33-18-17-30-35-28(33)5-2-6-29(35)37(42)45-38(30)43/h1-18H,19H2. The van der Waals surface area contributed by atoms with Crippen LogP contribution in [0.2, 0.25) is 0 Å². The molecule has 45 heavy (non-hydrogen) atoms. The van der Waals surface area contributed by atoms with Gasteiger partial charge in [-0.15, -0.1) is 0 Å². The van der Waals surface area contributed by atoms with Crippen molar-refractivity contribution >= 4 is 50.8 Å². The second-order valence-electron chi connectivity index (χ2n) is 11.0. The molecular weight excluding hydrogens is 568 g/mol. The van der Waals surface area contributed by atoms with E-state index in [1.165, 1.54) is 0 Å². The van der Waals surface area contributed by atoms with Crippen LogP contribution in [0, 0.1) is 0 Å². The summed E-state index contributed by atoms with van der Waals surface area (Å²) in [4.78, 5) is 62.8. The zero-order valence-corrected chi connectivity index (χ0v) is 23.5. The van der Waals surface area contributed by atoms with Gasteiger partial charge in [-0.2, -0.15) is 0 Å². The Labute approximate surface area is 255 Å². The molecule has 0 aromatic heterocycles. The Kier molecular flexibility index (Phi) is 5.83. The molecule has 214 valence electrons. The third-order valence-corrected chi connectivity index (χ3v) is 8.39. The molecule has 0 saturated heterocycles. The minimum absolute atomic E-state index is 0.111. The van der Waals surface area contributed by atoms with Crippen molar-refractivity contribution in [1.29, 1.82) is 0 Å². The lowest BCUT2D eigenvalue weighted by molar-refractivity contribution is 0.0390. The van der Waals surface area contributed by atoms with Crippen molar-refractivity contribution in [3.8, 4) is 22.6 Å². The van der Waals surface area contributed by atoms with Gasteiger partial charge in [0.2, 0.25) is 0 Å². The van der Waals surface area contributed by atoms with Gasteiger partial charge in [-0.25, -0.2) is 9.59 Å². The van der Waals surface area contributed by atoms with E-state index < -0.39 is 11.9 Å². The Balaban J connectivity index is 1.06. The molecule has 8 rings (SSSR count). The number of Topliss-reactive ketones (excluding diaryl/α,β-unsaturated/α-hetero) is 2. The van der Waals surface area contributed by atoms with Crippen molar-refractivity contribution in [2.75, 3.05) is 0 Å². The molecule has 0 atom stereocenters. The lowest BCUT2D eigenvalue weighted by Crippen LogP contribution is -2.19. The molecular formula is C38H20O7. The van der Waals surface area contributed by atoms with Gasteiger partial charge >= 0.3 is 11.9 Å². The molecule has 2 aliphatic rings. The fourth-order valence-corrected chi connectivity index (χ4v) is 6.23. The third kappa shape index (κ3) is 4.17. The molecule has 6 aromatic rings. The number of hydrogen-bond donors (Lipinski definition) is 0. The van der Waals surface area contributed by atoms with Crippen LogP contribution in [0.25, 0.3) is 32.7 Å². The third-order valence-electron chi connectivity index (χ3n) is 8.39. The Morgan fingerprint density at radius 2 is 1.07 bits per heavy atom. The normalized spacial score (nSPS) is 13.7. The molecule has 1 heterocycles. The number of ketones is 3. The van der Waals surface area contributed by atoms with Crippen LogP contribution in [0.4, 0.5) is 0 Å². The summed E-state index contributed by atoms with van der Waals surface area (Å²) in [7, 11) is 0. The van der Waals surface area contributed by atoms with E-state index in [1.54, 1.807) is 78.9 Å². The van der Waals surface area contributed by atoms with E-state index in [-0.39, 0.29) is 23.8 Å². The summed E-state index contributed by atoms with van der Waals surface area (Å²) in [6.07, 6.45) is -0.111. The Morgan fingerprint density at radius 3 is 1.78 bits per heavy atom. The molecule has 7 heteroatoms. The van der Waals surface area contributed by atoms with Crippen LogP contribution in [0.3, 0.4) is 0 Å². The van der Waals surface area contributed by atoms with Gasteiger partial charge in [-0.3, -0.25) is 14.4 Å². The first-order chi connectivity index (χ1) is 21.9. The lowest BCUT2D eigenvalue weighted by atomic mass is 9.84. The van der Waals surface area contributed by atoms with Gasteiger partial charge in [0.25, 0.3) is 0 Å². The highest BCUT2D eigenvalue weighted by molar-refractivity contribution is 6.29. The van der Waals surface area contributed by atoms with Crippen molar-refractivity contribution < 1.29 is 33.4 Å². The van der Waals surface area contributed by atoms with E-state index in [0.717, 1.165) is 16.5 Å². The summed E-state index contributed by atoms with van der Waals surface area (Å²) in [5.41, 5.74) is 4.43. The predicted molar refractivity (Wildman–Crippen MR) is 166 cm³/mol. The van der Waals surface area contributed by atoms with Gasteiger partial charge < -0.3 is 9.47 Å². The van der Waals surface area contributed by atoms with Gasteiger partial charge in [0, 0.05) is 38.4 Å². The summed E-state index contributed by atoms with van der Waals surface area (Å²) < 4.78 is 10.9. The van der Waals surface area contributed by atoms with E-state index in [0.29, 0.717) is 61.0 Å². The Morgan fingerprint density at radius 1 is 0.533 bits per heavy atom. The number of rotatable bonds is 5. The molecule has 6 aromatic carbocycles. The minimum atomic E-state index is -0.695. The largest absolute Gasteiger partial charge is 0.457 e. The summed E-state index contributed by atoms with van der Waals surface area (Å²) >= 11 is 0. The average molecular weight is 589 g/mol. The number of benzene rings is 6. The molecule has 0 radical (unpaired) electrons. The topological polar surface area (TPSA) is 104 Å². The maximum Gasteiger partial charge on any atom is 0.346 e. The first-order valence-corrected chi connectivity index (χ1v) is 14.2. The minimum Gasteiger partial charge on any atom is -0.457 e. The maximum atomic E-state index is 13.3. The molecule has 0 saturated carbocycles. The smallest absolute Gasteiger partial charge is 0.346 e. The fraction of sp³-hybridized carbons (Fsp3) is 0.0263. The number of esters is 2. The molecule has 1 aliphatic carbocycles. The number of ether oxygens (including phenoxy) is 2. The molecule has 1 aliphatic heterocycles. The van der Waals surface area contributed by atoms with Gasteiger partial charge in [0.15, 0.2) is 17.3 Å². The molecule has 0 N–H and O–H groups in total. The summed E-state index contributed by atoms with van der Waals surface area (Å²) in [5, 5.41) is 2.59. The van der Waals surface area contributed by atoms with Crippen LogP contribution in [-0.4, -0.2) is 29.3 Å². The van der Waals surface area contributed by atoms with Gasteiger partial charge in [0.1, 0.15) is 11.5 Å². The van der Waals surface area contributed by atoms with Crippen molar-refractivity contribution in [2.45, 2.75) is 6.42 Å². The van der Waals surface area contributed by atoms with Gasteiger partial charge in [-0.05, 0) is 59.0 Å². The summed E-state index contributed by atoms with van der Waals surface area (Å²) in [5.74, 6) is -0.960. The van der Waals surface area contributed by atoms with Crippen LogP contribution >= 0.6 is 0 Å².